The number of nitrogens with zero attached hydrogens (tertiary/aromatic N) is 4. The lowest BCUT2D eigenvalue weighted by Gasteiger charge is -2.35. The lowest BCUT2D eigenvalue weighted by atomic mass is 9.97. The van der Waals surface area contributed by atoms with E-state index in [4.69, 9.17) is 15.8 Å². The van der Waals surface area contributed by atoms with Crippen LogP contribution in [0.25, 0.3) is 0 Å². The molecule has 0 bridgehead atoms. The van der Waals surface area contributed by atoms with E-state index in [0.29, 0.717) is 59.0 Å². The van der Waals surface area contributed by atoms with E-state index in [1.54, 1.807) is 12.1 Å². The molecule has 1 saturated carbocycles. The lowest BCUT2D eigenvalue weighted by molar-refractivity contribution is -0.127. The maximum Gasteiger partial charge on any atom is 0.405 e. The van der Waals surface area contributed by atoms with Gasteiger partial charge in [0.25, 0.3) is 0 Å². The van der Waals surface area contributed by atoms with E-state index in [1.165, 1.54) is 13.8 Å². The van der Waals surface area contributed by atoms with Gasteiger partial charge in [0.15, 0.2) is 0 Å². The van der Waals surface area contributed by atoms with Crippen LogP contribution in [0.4, 0.5) is 10.6 Å². The molecule has 3 amide bonds. The Labute approximate surface area is 236 Å². The third-order valence-corrected chi connectivity index (χ3v) is 8.36. The summed E-state index contributed by atoms with van der Waals surface area (Å²) in [5, 5.41) is 34.1. The van der Waals surface area contributed by atoms with Gasteiger partial charge < -0.3 is 26.4 Å². The minimum absolute atomic E-state index is 0.0787. The van der Waals surface area contributed by atoms with Crippen molar-refractivity contribution in [1.29, 1.82) is 10.5 Å². The van der Waals surface area contributed by atoms with Gasteiger partial charge in [-0.15, -0.1) is 0 Å². The van der Waals surface area contributed by atoms with Crippen molar-refractivity contribution < 1.29 is 19.5 Å². The van der Waals surface area contributed by atoms with Gasteiger partial charge in [-0.05, 0) is 56.6 Å². The van der Waals surface area contributed by atoms with Crippen LogP contribution in [-0.4, -0.2) is 52.7 Å². The topological polar surface area (TPSA) is 185 Å². The highest BCUT2D eigenvalue weighted by atomic mass is 32.2. The molecule has 4 rings (SSSR count). The van der Waals surface area contributed by atoms with Crippen LogP contribution in [0.1, 0.15) is 73.0 Å². The number of carbonyl (C=O) groups is 3. The number of benzene rings is 1. The van der Waals surface area contributed by atoms with Crippen molar-refractivity contribution >= 4 is 35.5 Å². The van der Waals surface area contributed by atoms with Crippen molar-refractivity contribution in [3.8, 4) is 12.1 Å². The molecule has 2 aliphatic rings. The molecule has 12 heteroatoms. The standard InChI is InChI=1S/C28H31N7O4S/c1-28(2,34-27(38)39)26(37)32-18-10-12-35(13-11-18)24-19(14-29)21(16-8-9-16)20(15-30)25(33-24)40-22(23(31)36)17-6-4-3-5-7-17/h3-7,16,18,22,34H,8-13H2,1-2H3,(H2,31,36)(H,32,37)(H,38,39). The fourth-order valence-corrected chi connectivity index (χ4v) is 5.88. The number of nitriles is 2. The fourth-order valence-electron chi connectivity index (χ4n) is 4.84. The van der Waals surface area contributed by atoms with Crippen LogP contribution in [0.5, 0.6) is 0 Å². The first kappa shape index (κ1) is 28.7. The number of nitrogens with one attached hydrogen (secondary N) is 2. The zero-order chi connectivity index (χ0) is 29.0. The number of thioether (sulfide) groups is 1. The smallest absolute Gasteiger partial charge is 0.405 e. The summed E-state index contributed by atoms with van der Waals surface area (Å²) in [4.78, 5) is 42.9. The minimum Gasteiger partial charge on any atom is -0.465 e. The summed E-state index contributed by atoms with van der Waals surface area (Å²) < 4.78 is 0. The Balaban J connectivity index is 1.62. The second-order valence-corrected chi connectivity index (χ2v) is 11.6. The normalized spacial score (nSPS) is 16.4. The van der Waals surface area contributed by atoms with Crippen molar-refractivity contribution in [2.75, 3.05) is 18.0 Å². The van der Waals surface area contributed by atoms with Gasteiger partial charge in [-0.1, -0.05) is 42.1 Å². The molecule has 0 radical (unpaired) electrons. The van der Waals surface area contributed by atoms with Gasteiger partial charge in [-0.25, -0.2) is 9.78 Å². The van der Waals surface area contributed by atoms with Crippen molar-refractivity contribution in [3.05, 3.63) is 52.6 Å². The molecule has 2 aromatic rings. The molecule has 1 aromatic heterocycles. The van der Waals surface area contributed by atoms with Crippen LogP contribution in [-0.2, 0) is 9.59 Å². The maximum atomic E-state index is 12.7. The van der Waals surface area contributed by atoms with Crippen LogP contribution in [0.15, 0.2) is 35.4 Å². The summed E-state index contributed by atoms with van der Waals surface area (Å²) in [6, 6.07) is 13.4. The Morgan fingerprint density at radius 2 is 1.73 bits per heavy atom. The van der Waals surface area contributed by atoms with E-state index in [0.717, 1.165) is 24.6 Å². The largest absolute Gasteiger partial charge is 0.465 e. The maximum absolute atomic E-state index is 12.7. The van der Waals surface area contributed by atoms with E-state index >= 15 is 0 Å². The van der Waals surface area contributed by atoms with Crippen LogP contribution in [0, 0.1) is 22.7 Å². The van der Waals surface area contributed by atoms with Gasteiger partial charge in [0, 0.05) is 19.1 Å². The second-order valence-electron chi connectivity index (χ2n) is 10.5. The number of nitrogens with two attached hydrogens (primary N) is 1. The Kier molecular flexibility index (Phi) is 8.50. The van der Waals surface area contributed by atoms with Gasteiger partial charge >= 0.3 is 6.09 Å². The predicted octanol–water partition coefficient (Wildman–Crippen LogP) is 3.15. The van der Waals surface area contributed by atoms with E-state index < -0.39 is 28.7 Å². The molecule has 1 saturated heterocycles. The Morgan fingerprint density at radius 1 is 1.10 bits per heavy atom. The molecular weight excluding hydrogens is 530 g/mol. The number of anilines is 1. The lowest BCUT2D eigenvalue weighted by Crippen LogP contribution is -2.57. The molecule has 1 aromatic carbocycles. The molecular formula is C28H31N7O4S. The zero-order valence-electron chi connectivity index (χ0n) is 22.3. The first-order valence-corrected chi connectivity index (χ1v) is 13.9. The summed E-state index contributed by atoms with van der Waals surface area (Å²) in [5.74, 6) is -0.442. The van der Waals surface area contributed by atoms with Crippen molar-refractivity contribution in [2.24, 2.45) is 5.73 Å². The molecule has 1 aliphatic heterocycles. The van der Waals surface area contributed by atoms with Crippen molar-refractivity contribution in [2.45, 2.75) is 67.3 Å². The average molecular weight is 562 g/mol. The predicted molar refractivity (Wildman–Crippen MR) is 148 cm³/mol. The first-order valence-electron chi connectivity index (χ1n) is 13.0. The molecule has 40 heavy (non-hydrogen) atoms. The van der Waals surface area contributed by atoms with E-state index in [2.05, 4.69) is 22.8 Å². The Bertz CT molecular complexity index is 1390. The molecule has 2 heterocycles. The Morgan fingerprint density at radius 3 is 2.25 bits per heavy atom. The number of carbonyl (C=O) groups excluding carboxylic acids is 2. The molecule has 1 unspecified atom stereocenters. The molecule has 11 nitrogen and oxygen atoms in total. The summed E-state index contributed by atoms with van der Waals surface area (Å²) in [6.07, 6.45) is 1.55. The quantitative estimate of drug-likeness (QED) is 0.334. The number of primary amides is 1. The number of pyridine rings is 1. The summed E-state index contributed by atoms with van der Waals surface area (Å²) in [6.45, 7) is 3.96. The number of amides is 3. The molecule has 0 spiro atoms. The molecule has 1 aliphatic carbocycles. The van der Waals surface area contributed by atoms with Crippen LogP contribution in [0.2, 0.25) is 0 Å². The zero-order valence-corrected chi connectivity index (χ0v) is 23.1. The summed E-state index contributed by atoms with van der Waals surface area (Å²) >= 11 is 1.12. The monoisotopic (exact) mass is 561 g/mol. The van der Waals surface area contributed by atoms with Crippen molar-refractivity contribution in [1.82, 2.24) is 15.6 Å². The van der Waals surface area contributed by atoms with Gasteiger partial charge in [0.2, 0.25) is 11.8 Å². The highest BCUT2D eigenvalue weighted by Crippen LogP contribution is 2.48. The molecule has 1 atom stereocenters. The van der Waals surface area contributed by atoms with Gasteiger partial charge in [0.1, 0.15) is 33.8 Å². The van der Waals surface area contributed by atoms with Gasteiger partial charge in [-0.2, -0.15) is 10.5 Å². The first-order chi connectivity index (χ1) is 19.1. The Hall–Kier alpha value is -4.29. The number of hydrogen-bond acceptors (Lipinski definition) is 8. The van der Waals surface area contributed by atoms with Crippen LogP contribution in [0.3, 0.4) is 0 Å². The summed E-state index contributed by atoms with van der Waals surface area (Å²) in [5.41, 5.74) is 6.52. The number of rotatable bonds is 9. The third kappa shape index (κ3) is 6.29. The third-order valence-electron chi connectivity index (χ3n) is 7.10. The highest BCUT2D eigenvalue weighted by molar-refractivity contribution is 8.00. The average Bonchev–Trinajstić information content (AvgIpc) is 3.76. The molecule has 208 valence electrons. The van der Waals surface area contributed by atoms with E-state index in [9.17, 15) is 24.9 Å². The van der Waals surface area contributed by atoms with Crippen molar-refractivity contribution in [3.63, 3.8) is 0 Å². The number of aromatic nitrogens is 1. The van der Waals surface area contributed by atoms with E-state index in [1.807, 2.05) is 23.1 Å². The highest BCUT2D eigenvalue weighted by Gasteiger charge is 2.37. The van der Waals surface area contributed by atoms with Crippen LogP contribution < -0.4 is 21.3 Å². The number of hydrogen-bond donors (Lipinski definition) is 4. The number of piperidine rings is 1. The summed E-state index contributed by atoms with van der Waals surface area (Å²) in [7, 11) is 0. The van der Waals surface area contributed by atoms with Gasteiger partial charge in [-0.3, -0.25) is 9.59 Å². The minimum atomic E-state index is -1.29. The SMILES string of the molecule is CC(C)(NC(=O)O)C(=O)NC1CCN(c2nc(SC(C(N)=O)c3ccccc3)c(C#N)c(C3CC3)c2C#N)CC1. The second kappa shape index (κ2) is 11.8. The van der Waals surface area contributed by atoms with Crippen LogP contribution >= 0.6 is 11.8 Å². The van der Waals surface area contributed by atoms with E-state index in [-0.39, 0.29) is 12.0 Å². The fraction of sp³-hybridized carbons (Fsp3) is 0.429. The van der Waals surface area contributed by atoms with Gasteiger partial charge in [0.05, 0.1) is 11.1 Å². The molecule has 2 fully saturated rings. The molecule has 5 N–H and O–H groups in total. The number of carboxylic acid groups (broad SMARTS) is 1.